The molecule has 1 atom stereocenters. The van der Waals surface area contributed by atoms with Crippen molar-refractivity contribution in [3.05, 3.63) is 51.5 Å². The molecule has 0 heterocycles. The van der Waals surface area contributed by atoms with Gasteiger partial charge in [0.05, 0.1) is 16.4 Å². The second-order valence-corrected chi connectivity index (χ2v) is 5.21. The fourth-order valence-electron chi connectivity index (χ4n) is 1.84. The molecule has 0 bridgehead atoms. The number of halogens is 4. The molecule has 4 N–H and O–H groups in total. The van der Waals surface area contributed by atoms with Gasteiger partial charge in [0.15, 0.2) is 11.6 Å². The van der Waals surface area contributed by atoms with Crippen LogP contribution in [0.25, 0.3) is 0 Å². The predicted octanol–water partition coefficient (Wildman–Crippen LogP) is 4.58. The third kappa shape index (κ3) is 3.14. The first kappa shape index (κ1) is 15.7. The van der Waals surface area contributed by atoms with E-state index in [1.54, 1.807) is 6.92 Å². The Morgan fingerprint density at radius 2 is 1.67 bits per heavy atom. The van der Waals surface area contributed by atoms with E-state index in [9.17, 15) is 8.78 Å². The number of anilines is 2. The Morgan fingerprint density at radius 1 is 1.05 bits per heavy atom. The minimum atomic E-state index is -0.779. The first-order valence-electron chi connectivity index (χ1n) is 5.95. The number of nitrogen functional groups attached to an aromatic ring is 2. The number of hydrogen-bond acceptors (Lipinski definition) is 3. The standard InChI is InChI=1S/C14H12Cl2F2N2O/c1-6(13-7(15)2-3-8(17)14(13)16)21-12-5-11(20)10(19)4-9(12)18/h2-6H,19-20H2,1H3. The molecule has 0 aliphatic rings. The molecule has 2 rings (SSSR count). The highest BCUT2D eigenvalue weighted by molar-refractivity contribution is 6.36. The molecule has 3 nitrogen and oxygen atoms in total. The van der Waals surface area contributed by atoms with Crippen LogP contribution in [0.4, 0.5) is 20.2 Å². The van der Waals surface area contributed by atoms with Crippen molar-refractivity contribution >= 4 is 34.6 Å². The van der Waals surface area contributed by atoms with Crippen molar-refractivity contribution in [2.45, 2.75) is 13.0 Å². The Morgan fingerprint density at radius 3 is 2.33 bits per heavy atom. The minimum absolute atomic E-state index is 0.106. The van der Waals surface area contributed by atoms with Gasteiger partial charge in [-0.05, 0) is 19.1 Å². The van der Waals surface area contributed by atoms with Crippen LogP contribution in [0.2, 0.25) is 10.0 Å². The van der Waals surface area contributed by atoms with Crippen LogP contribution in [0, 0.1) is 11.6 Å². The summed E-state index contributed by atoms with van der Waals surface area (Å²) < 4.78 is 32.7. The molecule has 0 fully saturated rings. The zero-order chi connectivity index (χ0) is 15.7. The fourth-order valence-corrected chi connectivity index (χ4v) is 2.52. The lowest BCUT2D eigenvalue weighted by atomic mass is 10.1. The van der Waals surface area contributed by atoms with Gasteiger partial charge in [-0.15, -0.1) is 0 Å². The summed E-state index contributed by atoms with van der Waals surface area (Å²) in [6, 6.07) is 4.79. The first-order valence-corrected chi connectivity index (χ1v) is 6.71. The number of benzene rings is 2. The summed E-state index contributed by atoms with van der Waals surface area (Å²) in [5, 5.41) is 0.0524. The van der Waals surface area contributed by atoms with E-state index in [4.69, 9.17) is 39.4 Å². The van der Waals surface area contributed by atoms with E-state index in [0.717, 1.165) is 12.1 Å². The summed E-state index contributed by atoms with van der Waals surface area (Å²) in [6.45, 7) is 1.57. The highest BCUT2D eigenvalue weighted by atomic mass is 35.5. The summed E-state index contributed by atoms with van der Waals surface area (Å²) in [6.07, 6.45) is -0.779. The monoisotopic (exact) mass is 332 g/mol. The van der Waals surface area contributed by atoms with Crippen LogP contribution in [0.1, 0.15) is 18.6 Å². The van der Waals surface area contributed by atoms with Crippen molar-refractivity contribution in [2.75, 3.05) is 11.5 Å². The maximum atomic E-state index is 13.8. The molecule has 21 heavy (non-hydrogen) atoms. The topological polar surface area (TPSA) is 61.3 Å². The Labute approximate surface area is 130 Å². The van der Waals surface area contributed by atoms with Crippen LogP contribution in [0.3, 0.4) is 0 Å². The average Bonchev–Trinajstić information content (AvgIpc) is 2.41. The number of nitrogens with two attached hydrogens (primary N) is 2. The van der Waals surface area contributed by atoms with E-state index in [0.29, 0.717) is 0 Å². The number of hydrogen-bond donors (Lipinski definition) is 2. The lowest BCUT2D eigenvalue weighted by Gasteiger charge is -2.19. The highest BCUT2D eigenvalue weighted by Crippen LogP contribution is 2.36. The predicted molar refractivity (Wildman–Crippen MR) is 80.7 cm³/mol. The smallest absolute Gasteiger partial charge is 0.167 e. The number of ether oxygens (including phenoxy) is 1. The fraction of sp³-hybridized carbons (Fsp3) is 0.143. The maximum Gasteiger partial charge on any atom is 0.167 e. The van der Waals surface area contributed by atoms with Crippen molar-refractivity contribution < 1.29 is 13.5 Å². The Hall–Kier alpha value is -1.72. The van der Waals surface area contributed by atoms with E-state index in [1.165, 1.54) is 12.1 Å². The van der Waals surface area contributed by atoms with Gasteiger partial charge in [0.1, 0.15) is 11.9 Å². The SMILES string of the molecule is CC(Oc1cc(N)c(N)cc1F)c1c(Cl)ccc(F)c1Cl. The molecule has 0 spiro atoms. The third-order valence-electron chi connectivity index (χ3n) is 2.93. The van der Waals surface area contributed by atoms with Gasteiger partial charge in [-0.3, -0.25) is 0 Å². The zero-order valence-corrected chi connectivity index (χ0v) is 12.5. The Kier molecular flexibility index (Phi) is 4.44. The molecule has 0 saturated heterocycles. The molecular weight excluding hydrogens is 321 g/mol. The van der Waals surface area contributed by atoms with Gasteiger partial charge in [0.25, 0.3) is 0 Å². The van der Waals surface area contributed by atoms with Crippen LogP contribution >= 0.6 is 23.2 Å². The van der Waals surface area contributed by atoms with E-state index in [2.05, 4.69) is 0 Å². The highest BCUT2D eigenvalue weighted by Gasteiger charge is 2.20. The van der Waals surface area contributed by atoms with Gasteiger partial charge in [0, 0.05) is 22.7 Å². The van der Waals surface area contributed by atoms with Gasteiger partial charge < -0.3 is 16.2 Å². The Bertz CT molecular complexity index is 695. The van der Waals surface area contributed by atoms with Gasteiger partial charge in [-0.1, -0.05) is 23.2 Å². The van der Waals surface area contributed by atoms with Crippen LogP contribution in [-0.2, 0) is 0 Å². The molecule has 7 heteroatoms. The van der Waals surface area contributed by atoms with Crippen molar-refractivity contribution in [1.82, 2.24) is 0 Å². The maximum absolute atomic E-state index is 13.8. The molecule has 0 radical (unpaired) electrons. The largest absolute Gasteiger partial charge is 0.483 e. The summed E-state index contributed by atoms with van der Waals surface area (Å²) in [5.41, 5.74) is 11.6. The summed E-state index contributed by atoms with van der Waals surface area (Å²) in [4.78, 5) is 0. The van der Waals surface area contributed by atoms with E-state index < -0.39 is 17.7 Å². The van der Waals surface area contributed by atoms with Crippen LogP contribution in [-0.4, -0.2) is 0 Å². The van der Waals surface area contributed by atoms with Crippen molar-refractivity contribution in [2.24, 2.45) is 0 Å². The second kappa shape index (κ2) is 5.95. The lowest BCUT2D eigenvalue weighted by molar-refractivity contribution is 0.216. The van der Waals surface area contributed by atoms with Gasteiger partial charge in [-0.2, -0.15) is 0 Å². The van der Waals surface area contributed by atoms with Crippen molar-refractivity contribution in [3.8, 4) is 5.75 Å². The molecule has 0 amide bonds. The first-order chi connectivity index (χ1) is 9.81. The normalized spacial score (nSPS) is 12.2. The zero-order valence-electron chi connectivity index (χ0n) is 11.0. The molecular formula is C14H12Cl2F2N2O. The summed E-state index contributed by atoms with van der Waals surface area (Å²) in [7, 11) is 0. The molecule has 0 aliphatic carbocycles. The minimum Gasteiger partial charge on any atom is -0.483 e. The van der Waals surface area contributed by atoms with Crippen LogP contribution < -0.4 is 16.2 Å². The second-order valence-electron chi connectivity index (χ2n) is 4.43. The van der Waals surface area contributed by atoms with Crippen molar-refractivity contribution in [1.29, 1.82) is 0 Å². The molecule has 0 aromatic heterocycles. The molecule has 0 saturated carbocycles. The summed E-state index contributed by atoms with van der Waals surface area (Å²) in [5.74, 6) is -1.44. The van der Waals surface area contributed by atoms with E-state index in [-0.39, 0.29) is 32.7 Å². The van der Waals surface area contributed by atoms with Crippen LogP contribution in [0.5, 0.6) is 5.75 Å². The molecule has 1 unspecified atom stereocenters. The van der Waals surface area contributed by atoms with Crippen LogP contribution in [0.15, 0.2) is 24.3 Å². The van der Waals surface area contributed by atoms with Gasteiger partial charge >= 0.3 is 0 Å². The Balaban J connectivity index is 2.37. The molecule has 0 aliphatic heterocycles. The third-order valence-corrected chi connectivity index (χ3v) is 3.64. The van der Waals surface area contributed by atoms with E-state index >= 15 is 0 Å². The molecule has 112 valence electrons. The van der Waals surface area contributed by atoms with Gasteiger partial charge in [-0.25, -0.2) is 8.78 Å². The lowest BCUT2D eigenvalue weighted by Crippen LogP contribution is -2.08. The molecule has 2 aromatic rings. The summed E-state index contributed by atoms with van der Waals surface area (Å²) >= 11 is 11.9. The number of rotatable bonds is 3. The van der Waals surface area contributed by atoms with E-state index in [1.807, 2.05) is 0 Å². The average molecular weight is 333 g/mol. The quantitative estimate of drug-likeness (QED) is 0.639. The molecule has 2 aromatic carbocycles. The van der Waals surface area contributed by atoms with Crippen molar-refractivity contribution in [3.63, 3.8) is 0 Å². The van der Waals surface area contributed by atoms with Gasteiger partial charge in [0.2, 0.25) is 0 Å².